The Morgan fingerprint density at radius 3 is 2.45 bits per heavy atom. The van der Waals surface area contributed by atoms with Crippen LogP contribution in [0, 0.1) is 29.6 Å². The average Bonchev–Trinajstić information content (AvgIpc) is 2.06. The van der Waals surface area contributed by atoms with E-state index < -0.39 is 0 Å². The van der Waals surface area contributed by atoms with Crippen molar-refractivity contribution in [3.05, 3.63) is 0 Å². The van der Waals surface area contributed by atoms with E-state index >= 15 is 0 Å². The smallest absolute Gasteiger partial charge is 0.0329 e. The van der Waals surface area contributed by atoms with Gasteiger partial charge in [0.15, 0.2) is 0 Å². The van der Waals surface area contributed by atoms with Crippen LogP contribution in [0.3, 0.4) is 0 Å². The third-order valence-corrected chi connectivity index (χ3v) is 4.12. The van der Waals surface area contributed by atoms with Crippen LogP contribution >= 0.6 is 0 Å². The predicted molar refractivity (Wildman–Crippen MR) is 48.3 cm³/mol. The molecule has 2 aliphatic carbocycles. The third kappa shape index (κ3) is 1.02. The Kier molecular flexibility index (Phi) is 1.74. The monoisotopic (exact) mass is 152 g/mol. The molecule has 0 spiro atoms. The molecule has 0 aromatic rings. The van der Waals surface area contributed by atoms with Crippen molar-refractivity contribution >= 4 is 0 Å². The van der Waals surface area contributed by atoms with Crippen LogP contribution in [0.15, 0.2) is 0 Å². The molecule has 0 radical (unpaired) electrons. The maximum atomic E-state index is 2.46. The summed E-state index contributed by atoms with van der Waals surface area (Å²) in [5.41, 5.74) is 0. The third-order valence-electron chi connectivity index (χ3n) is 4.12. The maximum absolute atomic E-state index is 2.46. The molecule has 0 heterocycles. The SMILES string of the molecule is CC(C)C1CC2CCC(C)C21. The van der Waals surface area contributed by atoms with Crippen molar-refractivity contribution in [2.75, 3.05) is 0 Å². The van der Waals surface area contributed by atoms with Gasteiger partial charge in [0.2, 0.25) is 0 Å². The standard InChI is InChI=1S/C11H20/c1-7(2)10-6-9-5-4-8(3)11(9)10/h7-11H,4-6H2,1-3H3. The van der Waals surface area contributed by atoms with Crippen molar-refractivity contribution in [3.63, 3.8) is 0 Å². The molecule has 0 heteroatoms. The van der Waals surface area contributed by atoms with Crippen LogP contribution in [0.2, 0.25) is 0 Å². The van der Waals surface area contributed by atoms with Gasteiger partial charge in [0.05, 0.1) is 0 Å². The van der Waals surface area contributed by atoms with E-state index in [0.29, 0.717) is 0 Å². The lowest BCUT2D eigenvalue weighted by Gasteiger charge is -2.45. The fourth-order valence-corrected chi connectivity index (χ4v) is 3.40. The van der Waals surface area contributed by atoms with Gasteiger partial charge >= 0.3 is 0 Å². The highest BCUT2D eigenvalue weighted by atomic mass is 14.5. The quantitative estimate of drug-likeness (QED) is 0.540. The summed E-state index contributed by atoms with van der Waals surface area (Å²) in [5.74, 6) is 5.32. The Morgan fingerprint density at radius 2 is 1.91 bits per heavy atom. The molecule has 2 fully saturated rings. The molecular formula is C11H20. The first kappa shape index (κ1) is 7.64. The molecule has 0 nitrogen and oxygen atoms in total. The summed E-state index contributed by atoms with van der Waals surface area (Å²) in [6.45, 7) is 7.25. The highest BCUT2D eigenvalue weighted by Crippen LogP contribution is 2.56. The van der Waals surface area contributed by atoms with Gasteiger partial charge in [-0.2, -0.15) is 0 Å². The van der Waals surface area contributed by atoms with E-state index in [2.05, 4.69) is 20.8 Å². The fourth-order valence-electron chi connectivity index (χ4n) is 3.40. The predicted octanol–water partition coefficient (Wildman–Crippen LogP) is 3.32. The molecular weight excluding hydrogens is 132 g/mol. The van der Waals surface area contributed by atoms with E-state index in [4.69, 9.17) is 0 Å². The van der Waals surface area contributed by atoms with Gasteiger partial charge in [-0.15, -0.1) is 0 Å². The molecule has 0 N–H and O–H groups in total. The zero-order valence-electron chi connectivity index (χ0n) is 8.01. The minimum atomic E-state index is 0.941. The van der Waals surface area contributed by atoms with Crippen molar-refractivity contribution < 1.29 is 0 Å². The molecule has 0 aromatic carbocycles. The topological polar surface area (TPSA) is 0 Å². The number of fused-ring (bicyclic) bond motifs is 1. The van der Waals surface area contributed by atoms with E-state index in [-0.39, 0.29) is 0 Å². The van der Waals surface area contributed by atoms with E-state index in [1.54, 1.807) is 6.42 Å². The van der Waals surface area contributed by atoms with Gasteiger partial charge in [-0.25, -0.2) is 0 Å². The number of hydrogen-bond donors (Lipinski definition) is 0. The Labute approximate surface area is 70.4 Å². The molecule has 0 saturated heterocycles. The van der Waals surface area contributed by atoms with Crippen molar-refractivity contribution in [3.8, 4) is 0 Å². The van der Waals surface area contributed by atoms with Gasteiger partial charge in [0.1, 0.15) is 0 Å². The van der Waals surface area contributed by atoms with Crippen LogP contribution in [0.1, 0.15) is 40.0 Å². The lowest BCUT2D eigenvalue weighted by atomic mass is 9.60. The highest BCUT2D eigenvalue weighted by molar-refractivity contribution is 4.97. The fraction of sp³-hybridized carbons (Fsp3) is 1.00. The Balaban J connectivity index is 2.00. The van der Waals surface area contributed by atoms with E-state index in [1.807, 2.05) is 0 Å². The van der Waals surface area contributed by atoms with Gasteiger partial charge in [-0.1, -0.05) is 27.2 Å². The minimum Gasteiger partial charge on any atom is -0.0625 e. The van der Waals surface area contributed by atoms with Gasteiger partial charge in [-0.05, 0) is 42.4 Å². The largest absolute Gasteiger partial charge is 0.0625 e. The summed E-state index contributed by atoms with van der Waals surface area (Å²) < 4.78 is 0. The van der Waals surface area contributed by atoms with Crippen LogP contribution in [0.25, 0.3) is 0 Å². The van der Waals surface area contributed by atoms with Crippen molar-refractivity contribution in [1.29, 1.82) is 0 Å². The van der Waals surface area contributed by atoms with E-state index in [1.165, 1.54) is 12.8 Å². The van der Waals surface area contributed by atoms with E-state index in [9.17, 15) is 0 Å². The second-order valence-electron chi connectivity index (χ2n) is 5.04. The first-order chi connectivity index (χ1) is 5.20. The van der Waals surface area contributed by atoms with Gasteiger partial charge in [0.25, 0.3) is 0 Å². The van der Waals surface area contributed by atoms with Crippen molar-refractivity contribution in [1.82, 2.24) is 0 Å². The van der Waals surface area contributed by atoms with Gasteiger partial charge in [0, 0.05) is 0 Å². The first-order valence-corrected chi connectivity index (χ1v) is 5.20. The van der Waals surface area contributed by atoms with Crippen LogP contribution < -0.4 is 0 Å². The summed E-state index contributed by atoms with van der Waals surface area (Å²) in [7, 11) is 0. The summed E-state index contributed by atoms with van der Waals surface area (Å²) in [6.07, 6.45) is 4.60. The highest BCUT2D eigenvalue weighted by Gasteiger charge is 2.48. The minimum absolute atomic E-state index is 0.941. The molecule has 0 amide bonds. The zero-order chi connectivity index (χ0) is 8.01. The van der Waals surface area contributed by atoms with Gasteiger partial charge < -0.3 is 0 Å². The summed E-state index contributed by atoms with van der Waals surface area (Å²) in [4.78, 5) is 0. The van der Waals surface area contributed by atoms with E-state index in [0.717, 1.165) is 29.6 Å². The molecule has 2 aliphatic rings. The Hall–Kier alpha value is 0. The molecule has 0 aromatic heterocycles. The van der Waals surface area contributed by atoms with Crippen molar-refractivity contribution in [2.45, 2.75) is 40.0 Å². The normalized spacial score (nSPS) is 49.1. The molecule has 2 saturated carbocycles. The Morgan fingerprint density at radius 1 is 1.18 bits per heavy atom. The Bertz CT molecular complexity index is 142. The molecule has 2 rings (SSSR count). The van der Waals surface area contributed by atoms with Crippen LogP contribution in [-0.4, -0.2) is 0 Å². The lowest BCUT2D eigenvalue weighted by molar-refractivity contribution is 0.0367. The summed E-state index contributed by atoms with van der Waals surface area (Å²) in [6, 6.07) is 0. The number of hydrogen-bond acceptors (Lipinski definition) is 0. The average molecular weight is 152 g/mol. The molecule has 0 aliphatic heterocycles. The second kappa shape index (κ2) is 2.50. The molecule has 4 unspecified atom stereocenters. The summed E-state index contributed by atoms with van der Waals surface area (Å²) in [5, 5.41) is 0. The molecule has 0 bridgehead atoms. The van der Waals surface area contributed by atoms with Crippen molar-refractivity contribution in [2.24, 2.45) is 29.6 Å². The molecule has 4 atom stereocenters. The maximum Gasteiger partial charge on any atom is -0.0329 e. The second-order valence-corrected chi connectivity index (χ2v) is 5.04. The van der Waals surface area contributed by atoms with Crippen LogP contribution in [-0.2, 0) is 0 Å². The first-order valence-electron chi connectivity index (χ1n) is 5.20. The lowest BCUT2D eigenvalue weighted by Crippen LogP contribution is -2.38. The van der Waals surface area contributed by atoms with Crippen LogP contribution in [0.4, 0.5) is 0 Å². The number of rotatable bonds is 1. The molecule has 64 valence electrons. The van der Waals surface area contributed by atoms with Gasteiger partial charge in [-0.3, -0.25) is 0 Å². The van der Waals surface area contributed by atoms with Crippen LogP contribution in [0.5, 0.6) is 0 Å². The summed E-state index contributed by atoms with van der Waals surface area (Å²) >= 11 is 0. The zero-order valence-corrected chi connectivity index (χ0v) is 8.01. The molecule has 11 heavy (non-hydrogen) atoms.